The molecule has 3 aromatic rings. The molecule has 150 valence electrons. The lowest BCUT2D eigenvalue weighted by Crippen LogP contribution is -2.34. The molecule has 0 aliphatic carbocycles. The number of anilines is 2. The zero-order chi connectivity index (χ0) is 19.9. The Morgan fingerprint density at radius 1 is 0.931 bits per heavy atom. The second-order valence-corrected chi connectivity index (χ2v) is 8.32. The summed E-state index contributed by atoms with van der Waals surface area (Å²) in [6.07, 6.45) is 3.76. The van der Waals surface area contributed by atoms with Crippen LogP contribution >= 0.6 is 11.3 Å². The largest absolute Gasteiger partial charge is 0.374 e. The van der Waals surface area contributed by atoms with E-state index in [1.54, 1.807) is 11.3 Å². The first-order valence-corrected chi connectivity index (χ1v) is 11.1. The fourth-order valence-electron chi connectivity index (χ4n) is 3.84. The molecule has 1 fully saturated rings. The second-order valence-electron chi connectivity index (χ2n) is 7.35. The number of amides is 1. The predicted molar refractivity (Wildman–Crippen MR) is 122 cm³/mol. The Morgan fingerprint density at radius 3 is 2.45 bits per heavy atom. The zero-order valence-electron chi connectivity index (χ0n) is 16.5. The number of carbonyl (C=O) groups is 1. The fourth-order valence-corrected chi connectivity index (χ4v) is 4.64. The molecule has 1 amide bonds. The van der Waals surface area contributed by atoms with Gasteiger partial charge in [-0.05, 0) is 48.4 Å². The Hall–Kier alpha value is -2.79. The van der Waals surface area contributed by atoms with Gasteiger partial charge in [-0.3, -0.25) is 4.79 Å². The molecule has 4 nitrogen and oxygen atoms in total. The molecular formula is C24H27N3OS. The third-order valence-electron chi connectivity index (χ3n) is 5.31. The number of para-hydroxylation sites is 2. The predicted octanol–water partition coefficient (Wildman–Crippen LogP) is 5.06. The average Bonchev–Trinajstić information content (AvgIpc) is 3.32. The van der Waals surface area contributed by atoms with Gasteiger partial charge in [0, 0.05) is 18.0 Å². The third-order valence-corrected chi connectivity index (χ3v) is 6.24. The minimum Gasteiger partial charge on any atom is -0.374 e. The molecule has 29 heavy (non-hydrogen) atoms. The van der Waals surface area contributed by atoms with E-state index in [4.69, 9.17) is 0 Å². The van der Waals surface area contributed by atoms with E-state index in [2.05, 4.69) is 51.9 Å². The number of piperidine rings is 1. The highest BCUT2D eigenvalue weighted by Gasteiger charge is 2.18. The molecule has 2 heterocycles. The molecule has 0 bridgehead atoms. The monoisotopic (exact) mass is 405 g/mol. The average molecular weight is 406 g/mol. The lowest BCUT2D eigenvalue weighted by molar-refractivity contribution is -0.119. The van der Waals surface area contributed by atoms with Gasteiger partial charge in [-0.15, -0.1) is 11.3 Å². The van der Waals surface area contributed by atoms with Crippen LogP contribution in [0.5, 0.6) is 0 Å². The van der Waals surface area contributed by atoms with Gasteiger partial charge in [0.2, 0.25) is 5.91 Å². The van der Waals surface area contributed by atoms with Crippen LogP contribution in [0.3, 0.4) is 0 Å². The Labute approximate surface area is 176 Å². The summed E-state index contributed by atoms with van der Waals surface area (Å²) in [7, 11) is 0. The number of hydrogen-bond acceptors (Lipinski definition) is 4. The summed E-state index contributed by atoms with van der Waals surface area (Å²) in [6.45, 7) is 2.41. The molecule has 1 aliphatic rings. The highest BCUT2D eigenvalue weighted by atomic mass is 32.1. The van der Waals surface area contributed by atoms with Crippen LogP contribution in [0.2, 0.25) is 0 Å². The molecule has 0 radical (unpaired) electrons. The molecule has 2 aromatic carbocycles. The van der Waals surface area contributed by atoms with E-state index in [0.29, 0.717) is 0 Å². The van der Waals surface area contributed by atoms with Crippen LogP contribution in [-0.4, -0.2) is 25.5 Å². The molecule has 1 aromatic heterocycles. The second kappa shape index (κ2) is 9.61. The van der Waals surface area contributed by atoms with E-state index in [1.807, 2.05) is 35.7 Å². The minimum absolute atomic E-state index is 0.0132. The third kappa shape index (κ3) is 4.98. The molecule has 5 heteroatoms. The smallest absolute Gasteiger partial charge is 0.240 e. The van der Waals surface area contributed by atoms with Gasteiger partial charge in [-0.1, -0.05) is 48.5 Å². The van der Waals surface area contributed by atoms with Crippen molar-refractivity contribution in [2.24, 2.45) is 0 Å². The topological polar surface area (TPSA) is 44.4 Å². The lowest BCUT2D eigenvalue weighted by atomic mass is 10.1. The van der Waals surface area contributed by atoms with Gasteiger partial charge in [-0.25, -0.2) is 0 Å². The van der Waals surface area contributed by atoms with Gasteiger partial charge >= 0.3 is 0 Å². The van der Waals surface area contributed by atoms with Crippen molar-refractivity contribution in [2.75, 3.05) is 29.9 Å². The first kappa shape index (κ1) is 19.5. The van der Waals surface area contributed by atoms with E-state index in [9.17, 15) is 4.79 Å². The highest BCUT2D eigenvalue weighted by molar-refractivity contribution is 7.10. The number of hydrogen-bond donors (Lipinski definition) is 2. The minimum atomic E-state index is -0.122. The summed E-state index contributed by atoms with van der Waals surface area (Å²) in [6, 6.07) is 22.4. The van der Waals surface area contributed by atoms with Crippen molar-refractivity contribution in [1.82, 2.24) is 5.32 Å². The summed E-state index contributed by atoms with van der Waals surface area (Å²) in [4.78, 5) is 16.4. The number of rotatable bonds is 7. The molecular weight excluding hydrogens is 378 g/mol. The van der Waals surface area contributed by atoms with Crippen molar-refractivity contribution in [2.45, 2.75) is 25.3 Å². The number of nitrogens with one attached hydrogen (secondary N) is 2. The van der Waals surface area contributed by atoms with E-state index in [0.717, 1.165) is 29.2 Å². The number of thiophene rings is 1. The van der Waals surface area contributed by atoms with Crippen molar-refractivity contribution in [3.63, 3.8) is 0 Å². The van der Waals surface area contributed by atoms with Crippen molar-refractivity contribution < 1.29 is 4.79 Å². The first-order chi connectivity index (χ1) is 14.3. The van der Waals surface area contributed by atoms with Crippen LogP contribution in [0, 0.1) is 0 Å². The lowest BCUT2D eigenvalue weighted by Gasteiger charge is -2.30. The Kier molecular flexibility index (Phi) is 6.47. The van der Waals surface area contributed by atoms with Crippen molar-refractivity contribution in [3.8, 4) is 0 Å². The van der Waals surface area contributed by atoms with E-state index in [1.165, 1.54) is 24.9 Å². The van der Waals surface area contributed by atoms with Crippen LogP contribution in [0.25, 0.3) is 0 Å². The first-order valence-electron chi connectivity index (χ1n) is 10.3. The van der Waals surface area contributed by atoms with Crippen molar-refractivity contribution in [3.05, 3.63) is 82.6 Å². The van der Waals surface area contributed by atoms with Crippen LogP contribution in [0.4, 0.5) is 11.4 Å². The van der Waals surface area contributed by atoms with Crippen LogP contribution in [-0.2, 0) is 4.79 Å². The van der Waals surface area contributed by atoms with Gasteiger partial charge < -0.3 is 15.5 Å². The SMILES string of the molecule is O=C(CNc1ccccc1N1CCCCC1)NC(c1ccccc1)c1cccs1. The summed E-state index contributed by atoms with van der Waals surface area (Å²) in [5, 5.41) is 8.61. The molecule has 0 saturated carbocycles. The molecule has 1 atom stereocenters. The molecule has 1 unspecified atom stereocenters. The summed E-state index contributed by atoms with van der Waals surface area (Å²) in [5.41, 5.74) is 3.31. The quantitative estimate of drug-likeness (QED) is 0.578. The normalized spacial score (nSPS) is 15.0. The summed E-state index contributed by atoms with van der Waals surface area (Å²) >= 11 is 1.66. The maximum atomic E-state index is 12.8. The van der Waals surface area contributed by atoms with Crippen molar-refractivity contribution >= 4 is 28.6 Å². The number of benzene rings is 2. The maximum Gasteiger partial charge on any atom is 0.240 e. The van der Waals surface area contributed by atoms with E-state index in [-0.39, 0.29) is 18.5 Å². The van der Waals surface area contributed by atoms with Crippen LogP contribution in [0.1, 0.15) is 35.7 Å². The summed E-state index contributed by atoms with van der Waals surface area (Å²) in [5.74, 6) is -0.0132. The van der Waals surface area contributed by atoms with Gasteiger partial charge in [0.25, 0.3) is 0 Å². The molecule has 2 N–H and O–H groups in total. The van der Waals surface area contributed by atoms with E-state index >= 15 is 0 Å². The maximum absolute atomic E-state index is 12.8. The summed E-state index contributed by atoms with van der Waals surface area (Å²) < 4.78 is 0. The Morgan fingerprint density at radius 2 is 1.69 bits per heavy atom. The van der Waals surface area contributed by atoms with Gasteiger partial charge in [0.1, 0.15) is 0 Å². The van der Waals surface area contributed by atoms with Gasteiger partial charge in [-0.2, -0.15) is 0 Å². The number of nitrogens with zero attached hydrogens (tertiary/aromatic N) is 1. The zero-order valence-corrected chi connectivity index (χ0v) is 17.3. The fraction of sp³-hybridized carbons (Fsp3) is 0.292. The van der Waals surface area contributed by atoms with E-state index < -0.39 is 0 Å². The van der Waals surface area contributed by atoms with Crippen molar-refractivity contribution in [1.29, 1.82) is 0 Å². The molecule has 1 aliphatic heterocycles. The van der Waals surface area contributed by atoms with Gasteiger partial charge in [0.15, 0.2) is 0 Å². The molecule has 1 saturated heterocycles. The van der Waals surface area contributed by atoms with Crippen LogP contribution < -0.4 is 15.5 Å². The standard InChI is InChI=1S/C24H27N3OS/c28-23(26-24(22-14-9-17-29-22)19-10-3-1-4-11-19)18-25-20-12-5-6-13-21(20)27-15-7-2-8-16-27/h1,3-6,9-14,17,24-25H,2,7-8,15-16,18H2,(H,26,28). The van der Waals surface area contributed by atoms with Crippen LogP contribution in [0.15, 0.2) is 72.1 Å². The Balaban J connectivity index is 1.43. The molecule has 0 spiro atoms. The van der Waals surface area contributed by atoms with Gasteiger partial charge in [0.05, 0.1) is 24.0 Å². The highest BCUT2D eigenvalue weighted by Crippen LogP contribution is 2.28. The molecule has 4 rings (SSSR count). The Bertz CT molecular complexity index is 905. The number of carbonyl (C=O) groups excluding carboxylic acids is 1.